The first-order valence-electron chi connectivity index (χ1n) is 7.15. The van der Waals surface area contributed by atoms with Gasteiger partial charge in [0.25, 0.3) is 5.91 Å². The summed E-state index contributed by atoms with van der Waals surface area (Å²) in [7, 11) is 0. The molecule has 5 heteroatoms. The van der Waals surface area contributed by atoms with Crippen molar-refractivity contribution in [3.63, 3.8) is 0 Å². The zero-order valence-corrected chi connectivity index (χ0v) is 12.7. The monoisotopic (exact) mass is 287 g/mol. The van der Waals surface area contributed by atoms with Crippen LogP contribution in [-0.4, -0.2) is 17.6 Å². The van der Waals surface area contributed by atoms with Crippen molar-refractivity contribution in [3.05, 3.63) is 46.8 Å². The number of carbonyl (C=O) groups is 1. The van der Waals surface area contributed by atoms with Crippen molar-refractivity contribution in [1.29, 1.82) is 0 Å². The summed E-state index contributed by atoms with van der Waals surface area (Å²) >= 11 is 0. The molecule has 0 radical (unpaired) electrons. The number of nitrogens with zero attached hydrogens (tertiary/aromatic N) is 1. The van der Waals surface area contributed by atoms with Crippen LogP contribution in [0.1, 0.15) is 40.7 Å². The van der Waals surface area contributed by atoms with E-state index < -0.39 is 0 Å². The minimum absolute atomic E-state index is 0.113. The van der Waals surface area contributed by atoms with Gasteiger partial charge in [-0.05, 0) is 32.4 Å². The zero-order chi connectivity index (χ0) is 15.2. The van der Waals surface area contributed by atoms with E-state index >= 15 is 0 Å². The fourth-order valence-corrected chi connectivity index (χ4v) is 2.03. The fraction of sp³-hybridized carbons (Fsp3) is 0.375. The van der Waals surface area contributed by atoms with E-state index in [0.717, 1.165) is 35.7 Å². The quantitative estimate of drug-likeness (QED) is 0.857. The zero-order valence-electron chi connectivity index (χ0n) is 12.7. The molecule has 21 heavy (non-hydrogen) atoms. The lowest BCUT2D eigenvalue weighted by atomic mass is 10.1. The van der Waals surface area contributed by atoms with Gasteiger partial charge in [-0.3, -0.25) is 4.79 Å². The molecule has 1 heterocycles. The van der Waals surface area contributed by atoms with Crippen molar-refractivity contribution in [2.45, 2.75) is 33.7 Å². The summed E-state index contributed by atoms with van der Waals surface area (Å²) < 4.78 is 4.98. The number of nitrogens with one attached hydrogen (secondary N) is 2. The van der Waals surface area contributed by atoms with Gasteiger partial charge in [-0.2, -0.15) is 0 Å². The highest BCUT2D eigenvalue weighted by molar-refractivity contribution is 5.99. The first-order chi connectivity index (χ1) is 10.1. The summed E-state index contributed by atoms with van der Waals surface area (Å²) in [5.41, 5.74) is 3.29. The Balaban J connectivity index is 2.08. The average molecular weight is 287 g/mol. The summed E-state index contributed by atoms with van der Waals surface area (Å²) in [6, 6.07) is 7.64. The van der Waals surface area contributed by atoms with E-state index in [1.165, 1.54) is 0 Å². The molecule has 0 saturated heterocycles. The summed E-state index contributed by atoms with van der Waals surface area (Å²) in [5.74, 6) is 0.623. The van der Waals surface area contributed by atoms with Gasteiger partial charge in [-0.15, -0.1) is 0 Å². The molecule has 0 spiro atoms. The van der Waals surface area contributed by atoms with Gasteiger partial charge in [-0.1, -0.05) is 23.7 Å². The lowest BCUT2D eigenvalue weighted by molar-refractivity contribution is 0.0951. The first-order valence-corrected chi connectivity index (χ1v) is 7.15. The van der Waals surface area contributed by atoms with Crippen LogP contribution in [0.4, 0.5) is 5.69 Å². The number of rotatable bonds is 6. The van der Waals surface area contributed by atoms with Gasteiger partial charge in [0.05, 0.1) is 12.1 Å². The van der Waals surface area contributed by atoms with Crippen LogP contribution in [-0.2, 0) is 6.54 Å². The van der Waals surface area contributed by atoms with Gasteiger partial charge < -0.3 is 15.2 Å². The molecule has 1 amide bonds. The molecule has 2 aromatic rings. The predicted molar refractivity (Wildman–Crippen MR) is 82.4 cm³/mol. The van der Waals surface area contributed by atoms with E-state index in [2.05, 4.69) is 22.7 Å². The SMILES string of the molecule is CCCNc1ccc(C)cc1C(=O)NCc1cc(C)on1. The third kappa shape index (κ3) is 4.08. The Labute approximate surface area is 124 Å². The van der Waals surface area contributed by atoms with Crippen LogP contribution in [0.15, 0.2) is 28.8 Å². The number of hydrogen-bond donors (Lipinski definition) is 2. The standard InChI is InChI=1S/C16H21N3O2/c1-4-7-17-15-6-5-11(2)8-14(15)16(20)18-10-13-9-12(3)21-19-13/h5-6,8-9,17H,4,7,10H2,1-3H3,(H,18,20). The number of aromatic nitrogens is 1. The Kier molecular flexibility index (Phi) is 4.98. The number of aryl methyl sites for hydroxylation is 2. The number of hydrogen-bond acceptors (Lipinski definition) is 4. The number of amides is 1. The summed E-state index contributed by atoms with van der Waals surface area (Å²) in [5, 5.41) is 10.0. The maximum atomic E-state index is 12.4. The third-order valence-corrected chi connectivity index (χ3v) is 3.09. The normalized spacial score (nSPS) is 10.4. The van der Waals surface area contributed by atoms with Crippen molar-refractivity contribution < 1.29 is 9.32 Å². The highest BCUT2D eigenvalue weighted by Gasteiger charge is 2.12. The molecule has 2 rings (SSSR count). The highest BCUT2D eigenvalue weighted by Crippen LogP contribution is 2.17. The first kappa shape index (κ1) is 15.1. The molecule has 1 aromatic heterocycles. The highest BCUT2D eigenvalue weighted by atomic mass is 16.5. The Bertz CT molecular complexity index is 620. The predicted octanol–water partition coefficient (Wildman–Crippen LogP) is 3.04. The lowest BCUT2D eigenvalue weighted by Gasteiger charge is -2.12. The molecule has 0 aliphatic rings. The van der Waals surface area contributed by atoms with E-state index in [-0.39, 0.29) is 5.91 Å². The van der Waals surface area contributed by atoms with Gasteiger partial charge in [0.15, 0.2) is 0 Å². The molecule has 0 fully saturated rings. The Morgan fingerprint density at radius 3 is 2.76 bits per heavy atom. The van der Waals surface area contributed by atoms with E-state index in [1.54, 1.807) is 0 Å². The van der Waals surface area contributed by atoms with Crippen LogP contribution < -0.4 is 10.6 Å². The van der Waals surface area contributed by atoms with Gasteiger partial charge >= 0.3 is 0 Å². The van der Waals surface area contributed by atoms with Crippen molar-refractivity contribution >= 4 is 11.6 Å². The molecule has 0 aliphatic carbocycles. The topological polar surface area (TPSA) is 67.2 Å². The van der Waals surface area contributed by atoms with Gasteiger partial charge in [0, 0.05) is 18.3 Å². The Morgan fingerprint density at radius 1 is 1.29 bits per heavy atom. The molecule has 2 N–H and O–H groups in total. The number of carbonyl (C=O) groups excluding carboxylic acids is 1. The third-order valence-electron chi connectivity index (χ3n) is 3.09. The second-order valence-corrected chi connectivity index (χ2v) is 5.09. The van der Waals surface area contributed by atoms with Crippen LogP contribution in [0, 0.1) is 13.8 Å². The van der Waals surface area contributed by atoms with Crippen LogP contribution >= 0.6 is 0 Å². The number of benzene rings is 1. The second kappa shape index (κ2) is 6.92. The van der Waals surface area contributed by atoms with Crippen molar-refractivity contribution in [1.82, 2.24) is 10.5 Å². The Morgan fingerprint density at radius 2 is 2.10 bits per heavy atom. The summed E-state index contributed by atoms with van der Waals surface area (Å²) in [4.78, 5) is 12.4. The smallest absolute Gasteiger partial charge is 0.253 e. The summed E-state index contributed by atoms with van der Waals surface area (Å²) in [6.45, 7) is 7.09. The Hall–Kier alpha value is -2.30. The molecule has 0 saturated carbocycles. The van der Waals surface area contributed by atoms with Gasteiger partial charge in [-0.25, -0.2) is 0 Å². The maximum absolute atomic E-state index is 12.4. The van der Waals surface area contributed by atoms with Crippen molar-refractivity contribution in [2.75, 3.05) is 11.9 Å². The fourth-order valence-electron chi connectivity index (χ4n) is 2.03. The summed E-state index contributed by atoms with van der Waals surface area (Å²) in [6.07, 6.45) is 1.01. The van der Waals surface area contributed by atoms with Gasteiger partial charge in [0.2, 0.25) is 0 Å². The largest absolute Gasteiger partial charge is 0.384 e. The van der Waals surface area contributed by atoms with Crippen LogP contribution in [0.5, 0.6) is 0 Å². The molecule has 0 atom stereocenters. The van der Waals surface area contributed by atoms with Crippen molar-refractivity contribution in [3.8, 4) is 0 Å². The van der Waals surface area contributed by atoms with Crippen LogP contribution in [0.3, 0.4) is 0 Å². The van der Waals surface area contributed by atoms with E-state index in [9.17, 15) is 4.79 Å². The molecular weight excluding hydrogens is 266 g/mol. The lowest BCUT2D eigenvalue weighted by Crippen LogP contribution is -2.24. The maximum Gasteiger partial charge on any atom is 0.253 e. The molecule has 112 valence electrons. The minimum Gasteiger partial charge on any atom is -0.384 e. The van der Waals surface area contributed by atoms with Crippen LogP contribution in [0.2, 0.25) is 0 Å². The molecule has 5 nitrogen and oxygen atoms in total. The molecule has 0 aliphatic heterocycles. The van der Waals surface area contributed by atoms with Crippen LogP contribution in [0.25, 0.3) is 0 Å². The molecule has 0 bridgehead atoms. The van der Waals surface area contributed by atoms with Gasteiger partial charge in [0.1, 0.15) is 11.5 Å². The molecular formula is C16H21N3O2. The van der Waals surface area contributed by atoms with Crippen molar-refractivity contribution in [2.24, 2.45) is 0 Å². The van der Waals surface area contributed by atoms with E-state index in [0.29, 0.717) is 12.1 Å². The second-order valence-electron chi connectivity index (χ2n) is 5.09. The van der Waals surface area contributed by atoms with E-state index in [1.807, 2.05) is 38.1 Å². The minimum atomic E-state index is -0.113. The number of anilines is 1. The van der Waals surface area contributed by atoms with E-state index in [4.69, 9.17) is 4.52 Å². The molecule has 0 unspecified atom stereocenters. The molecule has 1 aromatic carbocycles. The average Bonchev–Trinajstić information content (AvgIpc) is 2.89.